The van der Waals surface area contributed by atoms with Crippen LogP contribution in [-0.2, 0) is 0 Å². The van der Waals surface area contributed by atoms with E-state index in [2.05, 4.69) is 5.32 Å². The van der Waals surface area contributed by atoms with Crippen LogP contribution >= 0.6 is 0 Å². The van der Waals surface area contributed by atoms with E-state index in [0.717, 1.165) is 0 Å². The molecule has 4 nitrogen and oxygen atoms in total. The predicted molar refractivity (Wildman–Crippen MR) is 32.6 cm³/mol. The highest BCUT2D eigenvalue weighted by Gasteiger charge is 2.25. The van der Waals surface area contributed by atoms with Gasteiger partial charge in [-0.1, -0.05) is 0 Å². The molecule has 0 bridgehead atoms. The molecule has 0 amide bonds. The molecular formula is C5H12N2O2. The lowest BCUT2D eigenvalue weighted by atomic mass is 10.2. The van der Waals surface area contributed by atoms with Gasteiger partial charge in [0.05, 0.1) is 6.10 Å². The van der Waals surface area contributed by atoms with Crippen LogP contribution in [0.3, 0.4) is 0 Å². The summed E-state index contributed by atoms with van der Waals surface area (Å²) in [4.78, 5) is 0. The van der Waals surface area contributed by atoms with Gasteiger partial charge in [0, 0.05) is 12.6 Å². The quantitative estimate of drug-likeness (QED) is 0.311. The van der Waals surface area contributed by atoms with Gasteiger partial charge in [0.15, 0.2) is 0 Å². The summed E-state index contributed by atoms with van der Waals surface area (Å²) in [5.41, 5.74) is 5.14. The van der Waals surface area contributed by atoms with Crippen LogP contribution in [-0.4, -0.2) is 35.1 Å². The second kappa shape index (κ2) is 2.62. The normalized spacial score (nSPS) is 39.0. The van der Waals surface area contributed by atoms with Crippen molar-refractivity contribution >= 4 is 0 Å². The van der Waals surface area contributed by atoms with E-state index in [4.69, 9.17) is 15.9 Å². The number of nitrogens with one attached hydrogen (secondary N) is 1. The molecule has 0 saturated carbocycles. The van der Waals surface area contributed by atoms with E-state index >= 15 is 0 Å². The number of β-amino-alcohol motifs (C(OH)–C–C–N with tert-alkyl or cyclic N) is 1. The summed E-state index contributed by atoms with van der Waals surface area (Å²) in [5, 5.41) is 20.6. The first-order chi connectivity index (χ1) is 4.20. The largest absolute Gasteiger partial charge is 0.392 e. The Labute approximate surface area is 53.7 Å². The number of rotatable bonds is 1. The van der Waals surface area contributed by atoms with Gasteiger partial charge in [-0.05, 0) is 6.42 Å². The van der Waals surface area contributed by atoms with E-state index in [-0.39, 0.29) is 12.1 Å². The third-order valence-electron chi connectivity index (χ3n) is 1.55. The lowest BCUT2D eigenvalue weighted by Gasteiger charge is -2.11. The first-order valence-electron chi connectivity index (χ1n) is 3.05. The molecule has 1 aliphatic heterocycles. The van der Waals surface area contributed by atoms with Crippen LogP contribution in [0.2, 0.25) is 0 Å². The van der Waals surface area contributed by atoms with Gasteiger partial charge in [0.2, 0.25) is 0 Å². The molecule has 1 unspecified atom stereocenters. The van der Waals surface area contributed by atoms with Crippen molar-refractivity contribution in [3.8, 4) is 0 Å². The van der Waals surface area contributed by atoms with E-state index < -0.39 is 6.23 Å². The zero-order valence-corrected chi connectivity index (χ0v) is 5.12. The molecule has 54 valence electrons. The zero-order chi connectivity index (χ0) is 6.85. The third-order valence-corrected chi connectivity index (χ3v) is 1.55. The van der Waals surface area contributed by atoms with Gasteiger partial charge < -0.3 is 21.3 Å². The van der Waals surface area contributed by atoms with E-state index in [1.54, 1.807) is 0 Å². The Morgan fingerprint density at radius 2 is 2.33 bits per heavy atom. The maximum atomic E-state index is 8.92. The summed E-state index contributed by atoms with van der Waals surface area (Å²) in [6.45, 7) is 0.541. The molecule has 1 aliphatic rings. The van der Waals surface area contributed by atoms with E-state index in [1.807, 2.05) is 0 Å². The topological polar surface area (TPSA) is 78.5 Å². The number of aliphatic hydroxyl groups excluding tert-OH is 2. The van der Waals surface area contributed by atoms with Gasteiger partial charge in [-0.15, -0.1) is 0 Å². The molecule has 0 radical (unpaired) electrons. The molecule has 4 heteroatoms. The molecule has 0 aromatic heterocycles. The van der Waals surface area contributed by atoms with Crippen molar-refractivity contribution in [2.75, 3.05) is 6.54 Å². The van der Waals surface area contributed by atoms with Gasteiger partial charge in [-0.3, -0.25) is 0 Å². The Hall–Kier alpha value is -0.160. The fourth-order valence-electron chi connectivity index (χ4n) is 1.01. The minimum absolute atomic E-state index is 0.125. The fraction of sp³-hybridized carbons (Fsp3) is 1.00. The molecule has 9 heavy (non-hydrogen) atoms. The van der Waals surface area contributed by atoms with Crippen LogP contribution in [0.1, 0.15) is 6.42 Å². The highest BCUT2D eigenvalue weighted by atomic mass is 16.3. The van der Waals surface area contributed by atoms with Crippen molar-refractivity contribution in [1.82, 2.24) is 5.32 Å². The molecule has 0 aromatic carbocycles. The van der Waals surface area contributed by atoms with E-state index in [9.17, 15) is 0 Å². The van der Waals surface area contributed by atoms with Crippen molar-refractivity contribution in [1.29, 1.82) is 0 Å². The minimum atomic E-state index is -0.845. The van der Waals surface area contributed by atoms with Crippen LogP contribution in [0.25, 0.3) is 0 Å². The van der Waals surface area contributed by atoms with Crippen molar-refractivity contribution in [2.45, 2.75) is 24.8 Å². The lowest BCUT2D eigenvalue weighted by Crippen LogP contribution is -2.40. The summed E-state index contributed by atoms with van der Waals surface area (Å²) in [7, 11) is 0. The molecule has 3 atom stereocenters. The summed E-state index contributed by atoms with van der Waals surface area (Å²) in [6.07, 6.45) is -0.632. The average molecular weight is 132 g/mol. The predicted octanol–water partition coefficient (Wildman–Crippen LogP) is -2.01. The monoisotopic (exact) mass is 132 g/mol. The van der Waals surface area contributed by atoms with Crippen LogP contribution < -0.4 is 11.1 Å². The van der Waals surface area contributed by atoms with Gasteiger partial charge in [-0.25, -0.2) is 0 Å². The summed E-state index contributed by atoms with van der Waals surface area (Å²) in [6, 6.07) is -0.125. The Bertz CT molecular complexity index is 97.0. The average Bonchev–Trinajstić information content (AvgIpc) is 2.14. The molecule has 1 heterocycles. The summed E-state index contributed by atoms with van der Waals surface area (Å²) >= 11 is 0. The van der Waals surface area contributed by atoms with Crippen molar-refractivity contribution in [2.24, 2.45) is 5.73 Å². The summed E-state index contributed by atoms with van der Waals surface area (Å²) < 4.78 is 0. The lowest BCUT2D eigenvalue weighted by molar-refractivity contribution is 0.130. The second-order valence-electron chi connectivity index (χ2n) is 2.39. The van der Waals surface area contributed by atoms with Crippen molar-refractivity contribution in [3.63, 3.8) is 0 Å². The van der Waals surface area contributed by atoms with Gasteiger partial charge >= 0.3 is 0 Å². The molecule has 1 fully saturated rings. The SMILES string of the molecule is NC(O)[C@@H]1C[C@@H](O)CN1. The maximum Gasteiger partial charge on any atom is 0.118 e. The maximum absolute atomic E-state index is 8.92. The van der Waals surface area contributed by atoms with E-state index in [1.165, 1.54) is 0 Å². The molecule has 5 N–H and O–H groups in total. The first kappa shape index (κ1) is 6.95. The Morgan fingerprint density at radius 3 is 2.56 bits per heavy atom. The first-order valence-corrected chi connectivity index (χ1v) is 3.05. The van der Waals surface area contributed by atoms with Gasteiger partial charge in [0.25, 0.3) is 0 Å². The van der Waals surface area contributed by atoms with Gasteiger partial charge in [0.1, 0.15) is 6.23 Å². The Morgan fingerprint density at radius 1 is 1.67 bits per heavy atom. The van der Waals surface area contributed by atoms with E-state index in [0.29, 0.717) is 13.0 Å². The van der Waals surface area contributed by atoms with Crippen LogP contribution in [0.5, 0.6) is 0 Å². The summed E-state index contributed by atoms with van der Waals surface area (Å²) in [5.74, 6) is 0. The Balaban J connectivity index is 2.30. The van der Waals surface area contributed by atoms with Crippen molar-refractivity contribution < 1.29 is 10.2 Å². The number of nitrogens with two attached hydrogens (primary N) is 1. The van der Waals surface area contributed by atoms with Crippen LogP contribution in [0, 0.1) is 0 Å². The molecule has 0 spiro atoms. The second-order valence-corrected chi connectivity index (χ2v) is 2.39. The molecular weight excluding hydrogens is 120 g/mol. The zero-order valence-electron chi connectivity index (χ0n) is 5.12. The Kier molecular flexibility index (Phi) is 2.02. The highest BCUT2D eigenvalue weighted by Crippen LogP contribution is 2.06. The number of hydrogen-bond acceptors (Lipinski definition) is 4. The molecule has 0 aromatic rings. The standard InChI is InChI=1S/C5H12N2O2/c6-5(9)4-1-3(8)2-7-4/h3-5,7-9H,1-2,6H2/t3-,4+,5?/m1/s1. The number of aliphatic hydroxyl groups is 2. The molecule has 0 aliphatic carbocycles. The molecule has 1 rings (SSSR count). The van der Waals surface area contributed by atoms with Crippen LogP contribution in [0.4, 0.5) is 0 Å². The smallest absolute Gasteiger partial charge is 0.118 e. The highest BCUT2D eigenvalue weighted by molar-refractivity contribution is 4.83. The minimum Gasteiger partial charge on any atom is -0.392 e. The fourth-order valence-corrected chi connectivity index (χ4v) is 1.01. The third kappa shape index (κ3) is 1.62. The molecule has 1 saturated heterocycles. The van der Waals surface area contributed by atoms with Crippen molar-refractivity contribution in [3.05, 3.63) is 0 Å². The van der Waals surface area contributed by atoms with Crippen LogP contribution in [0.15, 0.2) is 0 Å². The number of hydrogen-bond donors (Lipinski definition) is 4. The van der Waals surface area contributed by atoms with Gasteiger partial charge in [-0.2, -0.15) is 0 Å².